The van der Waals surface area contributed by atoms with Gasteiger partial charge in [0.2, 0.25) is 0 Å². The smallest absolute Gasteiger partial charge is 0.180 e. The molecule has 1 heterocycles. The molecule has 0 bridgehead atoms. The van der Waals surface area contributed by atoms with Gasteiger partial charge >= 0.3 is 0 Å². The van der Waals surface area contributed by atoms with E-state index < -0.39 is 0 Å². The molecular formula is C33H28ClFN2O2. The van der Waals surface area contributed by atoms with Crippen molar-refractivity contribution < 1.29 is 13.9 Å². The average Bonchev–Trinajstić information content (AvgIpc) is 3.46. The zero-order valence-electron chi connectivity index (χ0n) is 21.5. The number of rotatable bonds is 7. The number of hydrogen-bond donors (Lipinski definition) is 1. The number of para-hydroxylation sites is 1. The predicted octanol–water partition coefficient (Wildman–Crippen LogP) is 8.64. The standard InChI is InChI=1S/C33H28ClFN2O2/c1-38-31-18-21(17-28(34)33(31)39-20-23-7-2-4-11-29(23)35)19-36-24-15-13-22(14-16-24)32-27-10-6-9-25(27)26-8-3-5-12-30(26)37-32/h2-9,11-19,25,27,32,37H,10,20H2,1H3/t25-,27-,32-/m0/s1. The van der Waals surface area contributed by atoms with Crippen LogP contribution in [0, 0.1) is 11.7 Å². The van der Waals surface area contributed by atoms with E-state index in [-0.39, 0.29) is 18.5 Å². The Labute approximate surface area is 232 Å². The minimum Gasteiger partial charge on any atom is -0.493 e. The molecule has 6 heteroatoms. The number of hydrogen-bond acceptors (Lipinski definition) is 4. The normalized spacial score (nSPS) is 19.4. The Morgan fingerprint density at radius 3 is 2.64 bits per heavy atom. The minimum absolute atomic E-state index is 0.0433. The van der Waals surface area contributed by atoms with E-state index in [1.165, 1.54) is 22.9 Å². The first-order valence-electron chi connectivity index (χ1n) is 13.0. The van der Waals surface area contributed by atoms with Gasteiger partial charge in [-0.25, -0.2) is 4.39 Å². The highest BCUT2D eigenvalue weighted by atomic mass is 35.5. The molecule has 0 saturated heterocycles. The topological polar surface area (TPSA) is 42.8 Å². The van der Waals surface area contributed by atoms with Gasteiger partial charge in [0.15, 0.2) is 11.5 Å². The maximum atomic E-state index is 14.0. The fraction of sp³-hybridized carbons (Fsp3) is 0.182. The van der Waals surface area contributed by atoms with Gasteiger partial charge in [0.1, 0.15) is 12.4 Å². The highest BCUT2D eigenvalue weighted by molar-refractivity contribution is 6.32. The SMILES string of the molecule is COc1cc(C=Nc2ccc([C@@H]3Nc4ccccc4[C@@H]4C=CC[C@@H]43)cc2)cc(Cl)c1OCc1ccccc1F. The second-order valence-corrected chi connectivity index (χ2v) is 10.2. The molecule has 0 spiro atoms. The van der Waals surface area contributed by atoms with E-state index in [0.29, 0.717) is 33.9 Å². The summed E-state index contributed by atoms with van der Waals surface area (Å²) in [7, 11) is 1.55. The van der Waals surface area contributed by atoms with Crippen LogP contribution in [0.1, 0.15) is 40.6 Å². The molecule has 0 radical (unpaired) electrons. The van der Waals surface area contributed by atoms with Crippen molar-refractivity contribution in [1.82, 2.24) is 0 Å². The third kappa shape index (κ3) is 5.15. The van der Waals surface area contributed by atoms with Gasteiger partial charge in [-0.2, -0.15) is 0 Å². The van der Waals surface area contributed by atoms with Crippen LogP contribution in [0.2, 0.25) is 5.02 Å². The fourth-order valence-corrected chi connectivity index (χ4v) is 5.78. The molecule has 0 amide bonds. The summed E-state index contributed by atoms with van der Waals surface area (Å²) in [6.45, 7) is 0.0433. The highest BCUT2D eigenvalue weighted by Gasteiger charge is 2.37. The van der Waals surface area contributed by atoms with Gasteiger partial charge in [0.25, 0.3) is 0 Å². The first-order valence-corrected chi connectivity index (χ1v) is 13.4. The molecule has 0 fully saturated rings. The molecule has 1 aliphatic heterocycles. The van der Waals surface area contributed by atoms with Crippen LogP contribution in [0.4, 0.5) is 15.8 Å². The van der Waals surface area contributed by atoms with Gasteiger partial charge in [-0.05, 0) is 65.4 Å². The first kappa shape index (κ1) is 25.2. The van der Waals surface area contributed by atoms with Crippen molar-refractivity contribution in [3.05, 3.63) is 130 Å². The third-order valence-corrected chi connectivity index (χ3v) is 7.75. The Morgan fingerprint density at radius 1 is 1.03 bits per heavy atom. The number of ether oxygens (including phenoxy) is 2. The van der Waals surface area contributed by atoms with Crippen molar-refractivity contribution in [3.63, 3.8) is 0 Å². The summed E-state index contributed by atoms with van der Waals surface area (Å²) in [5.41, 5.74) is 5.90. The number of benzene rings is 4. The lowest BCUT2D eigenvalue weighted by atomic mass is 9.77. The van der Waals surface area contributed by atoms with Gasteiger partial charge in [-0.3, -0.25) is 4.99 Å². The Morgan fingerprint density at radius 2 is 1.82 bits per heavy atom. The molecular weight excluding hydrogens is 511 g/mol. The van der Waals surface area contributed by atoms with Crippen molar-refractivity contribution in [3.8, 4) is 11.5 Å². The van der Waals surface area contributed by atoms with E-state index in [2.05, 4.69) is 58.9 Å². The minimum atomic E-state index is -0.328. The molecule has 39 heavy (non-hydrogen) atoms. The summed E-state index contributed by atoms with van der Waals surface area (Å²) >= 11 is 6.52. The number of aliphatic imine (C=N–C) groups is 1. The van der Waals surface area contributed by atoms with Gasteiger partial charge in [-0.15, -0.1) is 0 Å². The molecule has 1 N–H and O–H groups in total. The van der Waals surface area contributed by atoms with E-state index in [1.807, 2.05) is 12.1 Å². The highest BCUT2D eigenvalue weighted by Crippen LogP contribution is 2.49. The van der Waals surface area contributed by atoms with Crippen LogP contribution in [0.3, 0.4) is 0 Å². The van der Waals surface area contributed by atoms with Crippen LogP contribution in [-0.2, 0) is 6.61 Å². The number of methoxy groups -OCH3 is 1. The molecule has 4 aromatic rings. The molecule has 4 aromatic carbocycles. The van der Waals surface area contributed by atoms with Crippen molar-refractivity contribution in [2.75, 3.05) is 12.4 Å². The molecule has 3 atom stereocenters. The Bertz CT molecular complexity index is 1550. The van der Waals surface area contributed by atoms with E-state index in [0.717, 1.165) is 17.7 Å². The number of nitrogens with zero attached hydrogens (tertiary/aromatic N) is 1. The van der Waals surface area contributed by atoms with Gasteiger partial charge in [0, 0.05) is 23.4 Å². The largest absolute Gasteiger partial charge is 0.493 e. The average molecular weight is 539 g/mol. The maximum absolute atomic E-state index is 14.0. The summed E-state index contributed by atoms with van der Waals surface area (Å²) in [6.07, 6.45) is 7.47. The number of halogens is 2. The van der Waals surface area contributed by atoms with Gasteiger partial charge < -0.3 is 14.8 Å². The molecule has 0 saturated carbocycles. The Kier molecular flexibility index (Phi) is 7.08. The van der Waals surface area contributed by atoms with Crippen LogP contribution in [0.25, 0.3) is 0 Å². The summed E-state index contributed by atoms with van der Waals surface area (Å²) < 4.78 is 25.3. The Hall–Kier alpha value is -4.09. The molecule has 1 aliphatic carbocycles. The quantitative estimate of drug-likeness (QED) is 0.189. The van der Waals surface area contributed by atoms with Crippen LogP contribution < -0.4 is 14.8 Å². The van der Waals surface area contributed by atoms with Crippen LogP contribution >= 0.6 is 11.6 Å². The van der Waals surface area contributed by atoms with Crippen LogP contribution in [0.15, 0.2) is 102 Å². The summed E-state index contributed by atoms with van der Waals surface area (Å²) in [5, 5.41) is 4.14. The molecule has 0 unspecified atom stereocenters. The molecule has 0 aromatic heterocycles. The first-order chi connectivity index (χ1) is 19.1. The summed E-state index contributed by atoms with van der Waals surface area (Å²) in [4.78, 5) is 4.65. The molecule has 6 rings (SSSR count). The number of nitrogens with one attached hydrogen (secondary N) is 1. The van der Waals surface area contributed by atoms with E-state index in [4.69, 9.17) is 21.1 Å². The molecule has 196 valence electrons. The van der Waals surface area contributed by atoms with Crippen LogP contribution in [-0.4, -0.2) is 13.3 Å². The third-order valence-electron chi connectivity index (χ3n) is 7.47. The predicted molar refractivity (Wildman–Crippen MR) is 155 cm³/mol. The summed E-state index contributed by atoms with van der Waals surface area (Å²) in [6, 6.07) is 27.3. The maximum Gasteiger partial charge on any atom is 0.180 e. The second kappa shape index (κ2) is 11.0. The molecule has 4 nitrogen and oxygen atoms in total. The van der Waals surface area contributed by atoms with Crippen LogP contribution in [0.5, 0.6) is 11.5 Å². The van der Waals surface area contributed by atoms with Crippen molar-refractivity contribution in [1.29, 1.82) is 0 Å². The lowest BCUT2D eigenvalue weighted by Crippen LogP contribution is -2.28. The monoisotopic (exact) mass is 538 g/mol. The van der Waals surface area contributed by atoms with Crippen molar-refractivity contribution >= 4 is 29.2 Å². The summed E-state index contributed by atoms with van der Waals surface area (Å²) in [5.74, 6) is 1.45. The zero-order valence-corrected chi connectivity index (χ0v) is 22.2. The van der Waals surface area contributed by atoms with Crippen molar-refractivity contribution in [2.24, 2.45) is 10.9 Å². The zero-order chi connectivity index (χ0) is 26.8. The van der Waals surface area contributed by atoms with E-state index >= 15 is 0 Å². The molecule has 2 aliphatic rings. The van der Waals surface area contributed by atoms with E-state index in [9.17, 15) is 4.39 Å². The number of allylic oxidation sites excluding steroid dienone is 2. The number of anilines is 1. The van der Waals surface area contributed by atoms with Crippen molar-refractivity contribution in [2.45, 2.75) is 25.0 Å². The lowest BCUT2D eigenvalue weighted by Gasteiger charge is -2.37. The lowest BCUT2D eigenvalue weighted by molar-refractivity contribution is 0.280. The Balaban J connectivity index is 1.17. The second-order valence-electron chi connectivity index (χ2n) is 9.83. The van der Waals surface area contributed by atoms with E-state index in [1.54, 1.807) is 43.7 Å². The van der Waals surface area contributed by atoms with Gasteiger partial charge in [-0.1, -0.05) is 72.3 Å². The van der Waals surface area contributed by atoms with Gasteiger partial charge in [0.05, 0.1) is 23.9 Å². The fourth-order valence-electron chi connectivity index (χ4n) is 5.51. The number of fused-ring (bicyclic) bond motifs is 3.